The third-order valence-electron chi connectivity index (χ3n) is 3.29. The molecule has 2 aromatic rings. The summed E-state index contributed by atoms with van der Waals surface area (Å²) in [6.07, 6.45) is 3.18. The van der Waals surface area contributed by atoms with Crippen molar-refractivity contribution < 1.29 is 0 Å². The molecule has 1 aliphatic carbocycles. The summed E-state index contributed by atoms with van der Waals surface area (Å²) in [7, 11) is 0. The predicted molar refractivity (Wildman–Crippen MR) is 74.0 cm³/mol. The van der Waals surface area contributed by atoms with Gasteiger partial charge in [0.2, 0.25) is 0 Å². The van der Waals surface area contributed by atoms with E-state index in [2.05, 4.69) is 54.8 Å². The van der Waals surface area contributed by atoms with Crippen LogP contribution < -0.4 is 5.73 Å². The SMILES string of the molecule is CC1(N)CC=C(c2ccccc2)c2ccsc21. The molecule has 3 rings (SSSR count). The number of rotatable bonds is 1. The quantitative estimate of drug-likeness (QED) is 0.808. The Bertz CT molecular complexity index is 564. The molecule has 17 heavy (non-hydrogen) atoms. The second kappa shape index (κ2) is 3.83. The van der Waals surface area contributed by atoms with Crippen LogP contribution in [-0.2, 0) is 5.54 Å². The van der Waals surface area contributed by atoms with Crippen molar-refractivity contribution in [2.75, 3.05) is 0 Å². The second-order valence-electron chi connectivity index (χ2n) is 4.77. The molecule has 0 aliphatic heterocycles. The van der Waals surface area contributed by atoms with Gasteiger partial charge in [0, 0.05) is 4.88 Å². The molecule has 0 saturated heterocycles. The highest BCUT2D eigenvalue weighted by molar-refractivity contribution is 7.10. The normalized spacial score (nSPS) is 23.1. The number of benzene rings is 1. The van der Waals surface area contributed by atoms with E-state index in [1.807, 2.05) is 0 Å². The molecule has 0 amide bonds. The van der Waals surface area contributed by atoms with Crippen LogP contribution in [0.5, 0.6) is 0 Å². The van der Waals surface area contributed by atoms with Crippen molar-refractivity contribution >= 4 is 16.9 Å². The zero-order valence-corrected chi connectivity index (χ0v) is 10.6. The molecule has 1 aromatic heterocycles. The molecule has 2 heteroatoms. The number of nitrogens with two attached hydrogens (primary N) is 1. The van der Waals surface area contributed by atoms with E-state index in [9.17, 15) is 0 Å². The highest BCUT2D eigenvalue weighted by atomic mass is 32.1. The summed E-state index contributed by atoms with van der Waals surface area (Å²) in [6, 6.07) is 12.7. The zero-order valence-electron chi connectivity index (χ0n) is 9.81. The first kappa shape index (κ1) is 10.8. The molecular formula is C15H15NS. The maximum atomic E-state index is 6.34. The summed E-state index contributed by atoms with van der Waals surface area (Å²) in [5.74, 6) is 0. The van der Waals surface area contributed by atoms with Crippen LogP contribution >= 0.6 is 11.3 Å². The smallest absolute Gasteiger partial charge is 0.0516 e. The fourth-order valence-electron chi connectivity index (χ4n) is 2.37. The number of thiophene rings is 1. The molecule has 86 valence electrons. The minimum absolute atomic E-state index is 0.207. The largest absolute Gasteiger partial charge is 0.321 e. The summed E-state index contributed by atoms with van der Waals surface area (Å²) in [5.41, 5.74) is 10.0. The fraction of sp³-hybridized carbons (Fsp3) is 0.200. The van der Waals surface area contributed by atoms with E-state index in [1.165, 1.54) is 21.6 Å². The van der Waals surface area contributed by atoms with Gasteiger partial charge in [-0.3, -0.25) is 0 Å². The zero-order chi connectivity index (χ0) is 11.9. The first-order chi connectivity index (χ1) is 8.18. The van der Waals surface area contributed by atoms with Crippen LogP contribution in [0.1, 0.15) is 29.3 Å². The molecule has 1 nitrogen and oxygen atoms in total. The molecule has 0 spiro atoms. The Morgan fingerprint density at radius 1 is 1.18 bits per heavy atom. The average molecular weight is 241 g/mol. The van der Waals surface area contributed by atoms with Crippen LogP contribution in [0.4, 0.5) is 0 Å². The van der Waals surface area contributed by atoms with Crippen LogP contribution in [0.3, 0.4) is 0 Å². The van der Waals surface area contributed by atoms with Gasteiger partial charge in [-0.25, -0.2) is 0 Å². The number of hydrogen-bond donors (Lipinski definition) is 1. The Hall–Kier alpha value is -1.38. The first-order valence-corrected chi connectivity index (χ1v) is 6.69. The average Bonchev–Trinajstić information content (AvgIpc) is 2.81. The Labute approximate surface area is 106 Å². The van der Waals surface area contributed by atoms with Crippen molar-refractivity contribution in [1.29, 1.82) is 0 Å². The standard InChI is InChI=1S/C15H15NS/c1-15(16)9-7-12(11-5-3-2-4-6-11)13-8-10-17-14(13)15/h2-8,10H,9,16H2,1H3. The molecule has 1 atom stereocenters. The molecule has 1 heterocycles. The van der Waals surface area contributed by atoms with E-state index in [1.54, 1.807) is 11.3 Å². The molecular weight excluding hydrogens is 226 g/mol. The summed E-state index contributed by atoms with van der Waals surface area (Å²) >= 11 is 1.76. The van der Waals surface area contributed by atoms with Crippen LogP contribution in [0.25, 0.3) is 5.57 Å². The Balaban J connectivity index is 2.14. The molecule has 1 unspecified atom stereocenters. The minimum atomic E-state index is -0.207. The van der Waals surface area contributed by atoms with Gasteiger partial charge >= 0.3 is 0 Å². The highest BCUT2D eigenvalue weighted by Gasteiger charge is 2.30. The Kier molecular flexibility index (Phi) is 2.42. The van der Waals surface area contributed by atoms with Gasteiger partial charge in [0.15, 0.2) is 0 Å². The lowest BCUT2D eigenvalue weighted by atomic mass is 9.83. The maximum absolute atomic E-state index is 6.34. The summed E-state index contributed by atoms with van der Waals surface area (Å²) in [6.45, 7) is 2.11. The molecule has 2 N–H and O–H groups in total. The topological polar surface area (TPSA) is 26.0 Å². The molecule has 0 bridgehead atoms. The Morgan fingerprint density at radius 3 is 2.71 bits per heavy atom. The minimum Gasteiger partial charge on any atom is -0.321 e. The van der Waals surface area contributed by atoms with Crippen molar-refractivity contribution in [1.82, 2.24) is 0 Å². The van der Waals surface area contributed by atoms with E-state index in [4.69, 9.17) is 5.73 Å². The van der Waals surface area contributed by atoms with Gasteiger partial charge in [0.1, 0.15) is 0 Å². The second-order valence-corrected chi connectivity index (χ2v) is 5.68. The van der Waals surface area contributed by atoms with Gasteiger partial charge in [-0.2, -0.15) is 0 Å². The number of fused-ring (bicyclic) bond motifs is 1. The molecule has 1 aromatic carbocycles. The van der Waals surface area contributed by atoms with Crippen LogP contribution in [0, 0.1) is 0 Å². The third-order valence-corrected chi connectivity index (χ3v) is 4.48. The van der Waals surface area contributed by atoms with Gasteiger partial charge in [-0.15, -0.1) is 11.3 Å². The van der Waals surface area contributed by atoms with Crippen molar-refractivity contribution in [3.63, 3.8) is 0 Å². The third kappa shape index (κ3) is 1.74. The van der Waals surface area contributed by atoms with Crippen molar-refractivity contribution in [3.8, 4) is 0 Å². The van der Waals surface area contributed by atoms with Gasteiger partial charge in [-0.05, 0) is 41.5 Å². The molecule has 1 aliphatic rings. The first-order valence-electron chi connectivity index (χ1n) is 5.81. The Morgan fingerprint density at radius 2 is 1.94 bits per heavy atom. The van der Waals surface area contributed by atoms with Crippen LogP contribution in [0.15, 0.2) is 47.9 Å². The monoisotopic (exact) mass is 241 g/mol. The molecule has 0 saturated carbocycles. The lowest BCUT2D eigenvalue weighted by Crippen LogP contribution is -2.34. The molecule has 0 radical (unpaired) electrons. The van der Waals surface area contributed by atoms with E-state index in [-0.39, 0.29) is 5.54 Å². The lowest BCUT2D eigenvalue weighted by Gasteiger charge is -2.29. The summed E-state index contributed by atoms with van der Waals surface area (Å²) < 4.78 is 0. The van der Waals surface area contributed by atoms with Crippen molar-refractivity contribution in [2.24, 2.45) is 5.73 Å². The number of hydrogen-bond acceptors (Lipinski definition) is 2. The summed E-state index contributed by atoms with van der Waals surface area (Å²) in [4.78, 5) is 1.30. The highest BCUT2D eigenvalue weighted by Crippen LogP contribution is 2.41. The van der Waals surface area contributed by atoms with Gasteiger partial charge in [0.25, 0.3) is 0 Å². The van der Waals surface area contributed by atoms with E-state index >= 15 is 0 Å². The maximum Gasteiger partial charge on any atom is 0.0516 e. The fourth-order valence-corrected chi connectivity index (χ4v) is 3.37. The molecule has 0 fully saturated rings. The van der Waals surface area contributed by atoms with Crippen molar-refractivity contribution in [3.05, 3.63) is 63.9 Å². The van der Waals surface area contributed by atoms with E-state index in [0.717, 1.165) is 6.42 Å². The van der Waals surface area contributed by atoms with Gasteiger partial charge in [0.05, 0.1) is 5.54 Å². The lowest BCUT2D eigenvalue weighted by molar-refractivity contribution is 0.507. The van der Waals surface area contributed by atoms with Gasteiger partial charge < -0.3 is 5.73 Å². The summed E-state index contributed by atoms with van der Waals surface area (Å²) in [5, 5.41) is 2.14. The van der Waals surface area contributed by atoms with Crippen LogP contribution in [0.2, 0.25) is 0 Å². The predicted octanol–water partition coefficient (Wildman–Crippen LogP) is 3.76. The van der Waals surface area contributed by atoms with E-state index < -0.39 is 0 Å². The van der Waals surface area contributed by atoms with E-state index in [0.29, 0.717) is 0 Å². The van der Waals surface area contributed by atoms with Crippen molar-refractivity contribution in [2.45, 2.75) is 18.9 Å². The van der Waals surface area contributed by atoms with Gasteiger partial charge in [-0.1, -0.05) is 36.4 Å². The van der Waals surface area contributed by atoms with Crippen LogP contribution in [-0.4, -0.2) is 0 Å².